The summed E-state index contributed by atoms with van der Waals surface area (Å²) in [6.45, 7) is 0. The first kappa shape index (κ1) is 13.1. The first-order valence-corrected chi connectivity index (χ1v) is 6.15. The molecule has 0 aliphatic heterocycles. The number of hydrogen-bond donors (Lipinski definition) is 1. The van der Waals surface area contributed by atoms with E-state index in [1.54, 1.807) is 12.1 Å². The number of nitrogens with two attached hydrogens (primary N) is 1. The van der Waals surface area contributed by atoms with Gasteiger partial charge in [-0.1, -0.05) is 6.07 Å². The maximum atomic E-state index is 13.1. The average molecular weight is 313 g/mol. The molecule has 0 saturated carbocycles. The van der Waals surface area contributed by atoms with Crippen molar-refractivity contribution >= 4 is 15.9 Å². The van der Waals surface area contributed by atoms with Crippen LogP contribution in [-0.4, -0.2) is 4.98 Å². The van der Waals surface area contributed by atoms with E-state index in [9.17, 15) is 8.78 Å². The van der Waals surface area contributed by atoms with Crippen LogP contribution >= 0.6 is 15.9 Å². The molecule has 0 saturated heterocycles. The predicted molar refractivity (Wildman–Crippen MR) is 68.9 cm³/mol. The lowest BCUT2D eigenvalue weighted by Gasteiger charge is -2.12. The van der Waals surface area contributed by atoms with Crippen molar-refractivity contribution in [3.05, 3.63) is 63.9 Å². The van der Waals surface area contributed by atoms with Crippen molar-refractivity contribution in [1.29, 1.82) is 0 Å². The second-order valence-corrected chi connectivity index (χ2v) is 4.85. The van der Waals surface area contributed by atoms with Gasteiger partial charge in [-0.05, 0) is 51.7 Å². The number of hydrogen-bond acceptors (Lipinski definition) is 2. The van der Waals surface area contributed by atoms with Crippen molar-refractivity contribution < 1.29 is 8.78 Å². The van der Waals surface area contributed by atoms with E-state index in [0.717, 1.165) is 11.8 Å². The van der Waals surface area contributed by atoms with Gasteiger partial charge in [0.2, 0.25) is 0 Å². The third kappa shape index (κ3) is 3.11. The molecule has 18 heavy (non-hydrogen) atoms. The minimum Gasteiger partial charge on any atom is -0.324 e. The summed E-state index contributed by atoms with van der Waals surface area (Å²) in [5.41, 5.74) is 7.46. The molecule has 1 aromatic heterocycles. The topological polar surface area (TPSA) is 38.9 Å². The van der Waals surface area contributed by atoms with Crippen molar-refractivity contribution in [1.82, 2.24) is 4.98 Å². The summed E-state index contributed by atoms with van der Waals surface area (Å²) in [7, 11) is 0. The standard InChI is InChI=1S/C13H11BrF2N2/c14-11-3-8(1-2-12(11)16)4-13(17)9-5-10(15)7-18-6-9/h1-3,5-7,13H,4,17H2. The van der Waals surface area contributed by atoms with E-state index in [1.165, 1.54) is 18.3 Å². The molecule has 0 aliphatic carbocycles. The van der Waals surface area contributed by atoms with E-state index in [1.807, 2.05) is 0 Å². The highest BCUT2D eigenvalue weighted by Gasteiger charge is 2.10. The van der Waals surface area contributed by atoms with E-state index in [4.69, 9.17) is 5.73 Å². The zero-order valence-electron chi connectivity index (χ0n) is 9.41. The summed E-state index contributed by atoms with van der Waals surface area (Å²) in [6, 6.07) is 5.69. The Kier molecular flexibility index (Phi) is 4.04. The van der Waals surface area contributed by atoms with E-state index in [0.29, 0.717) is 16.5 Å². The van der Waals surface area contributed by atoms with Crippen LogP contribution < -0.4 is 5.73 Å². The summed E-state index contributed by atoms with van der Waals surface area (Å²) in [6.07, 6.45) is 3.15. The maximum Gasteiger partial charge on any atom is 0.141 e. The number of benzene rings is 1. The minimum absolute atomic E-state index is 0.320. The van der Waals surface area contributed by atoms with Gasteiger partial charge in [0, 0.05) is 12.2 Å². The Labute approximate surface area is 112 Å². The molecule has 0 radical (unpaired) electrons. The van der Waals surface area contributed by atoms with Crippen molar-refractivity contribution in [2.24, 2.45) is 5.73 Å². The molecule has 1 heterocycles. The molecule has 0 bridgehead atoms. The molecule has 0 amide bonds. The molecule has 1 atom stereocenters. The lowest BCUT2D eigenvalue weighted by molar-refractivity contribution is 0.609. The van der Waals surface area contributed by atoms with Crippen molar-refractivity contribution in [3.63, 3.8) is 0 Å². The van der Waals surface area contributed by atoms with Gasteiger partial charge in [0.1, 0.15) is 11.6 Å². The quantitative estimate of drug-likeness (QED) is 0.943. The lowest BCUT2D eigenvalue weighted by atomic mass is 10.0. The van der Waals surface area contributed by atoms with Gasteiger partial charge in [-0.15, -0.1) is 0 Å². The van der Waals surface area contributed by atoms with Crippen molar-refractivity contribution in [2.45, 2.75) is 12.5 Å². The Morgan fingerprint density at radius 1 is 1.22 bits per heavy atom. The normalized spacial score (nSPS) is 12.4. The molecule has 0 fully saturated rings. The fraction of sp³-hybridized carbons (Fsp3) is 0.154. The fourth-order valence-electron chi connectivity index (χ4n) is 1.67. The molecule has 0 spiro atoms. The smallest absolute Gasteiger partial charge is 0.141 e. The Bertz CT molecular complexity index is 560. The summed E-state index contributed by atoms with van der Waals surface area (Å²) >= 11 is 3.12. The highest BCUT2D eigenvalue weighted by atomic mass is 79.9. The number of aromatic nitrogens is 1. The van der Waals surface area contributed by atoms with E-state index < -0.39 is 5.82 Å². The predicted octanol–water partition coefficient (Wildman–Crippen LogP) is 3.36. The van der Waals surface area contributed by atoms with Crippen LogP contribution in [0.25, 0.3) is 0 Å². The number of nitrogens with zero attached hydrogens (tertiary/aromatic N) is 1. The van der Waals surface area contributed by atoms with Gasteiger partial charge in [-0.2, -0.15) is 0 Å². The van der Waals surface area contributed by atoms with Gasteiger partial charge >= 0.3 is 0 Å². The number of pyridine rings is 1. The molecule has 94 valence electrons. The lowest BCUT2D eigenvalue weighted by Crippen LogP contribution is -2.14. The Morgan fingerprint density at radius 3 is 2.67 bits per heavy atom. The maximum absolute atomic E-state index is 13.1. The van der Waals surface area contributed by atoms with Crippen LogP contribution in [0.2, 0.25) is 0 Å². The monoisotopic (exact) mass is 312 g/mol. The summed E-state index contributed by atoms with van der Waals surface area (Å²) < 4.78 is 26.5. The van der Waals surface area contributed by atoms with Gasteiger partial charge in [0.05, 0.1) is 10.7 Å². The molecule has 2 rings (SSSR count). The Morgan fingerprint density at radius 2 is 2.00 bits per heavy atom. The van der Waals surface area contributed by atoms with Gasteiger partial charge in [-0.3, -0.25) is 4.98 Å². The van der Waals surface area contributed by atoms with Gasteiger partial charge in [0.25, 0.3) is 0 Å². The van der Waals surface area contributed by atoms with E-state index >= 15 is 0 Å². The highest BCUT2D eigenvalue weighted by molar-refractivity contribution is 9.10. The Balaban J connectivity index is 2.16. The van der Waals surface area contributed by atoms with Crippen LogP contribution in [0.5, 0.6) is 0 Å². The highest BCUT2D eigenvalue weighted by Crippen LogP contribution is 2.21. The average Bonchev–Trinajstić information content (AvgIpc) is 2.34. The van der Waals surface area contributed by atoms with Crippen LogP contribution in [-0.2, 0) is 6.42 Å². The third-order valence-corrected chi connectivity index (χ3v) is 3.20. The summed E-state index contributed by atoms with van der Waals surface area (Å²) in [5, 5.41) is 0. The molecular formula is C13H11BrF2N2. The third-order valence-electron chi connectivity index (χ3n) is 2.59. The van der Waals surface area contributed by atoms with Crippen molar-refractivity contribution in [3.8, 4) is 0 Å². The minimum atomic E-state index is -0.414. The van der Waals surface area contributed by atoms with Crippen LogP contribution in [0.1, 0.15) is 17.2 Å². The van der Waals surface area contributed by atoms with Gasteiger partial charge in [0.15, 0.2) is 0 Å². The molecule has 1 unspecified atom stereocenters. The number of halogens is 3. The SMILES string of the molecule is NC(Cc1ccc(F)c(Br)c1)c1cncc(F)c1. The molecule has 5 heteroatoms. The van der Waals surface area contributed by atoms with Crippen molar-refractivity contribution in [2.75, 3.05) is 0 Å². The van der Waals surface area contributed by atoms with Crippen LogP contribution in [0.15, 0.2) is 41.1 Å². The zero-order chi connectivity index (χ0) is 13.1. The number of rotatable bonds is 3. The van der Waals surface area contributed by atoms with Crippen LogP contribution in [0.3, 0.4) is 0 Å². The van der Waals surface area contributed by atoms with Gasteiger partial charge in [-0.25, -0.2) is 8.78 Å². The Hall–Kier alpha value is -1.33. The molecule has 2 N–H and O–H groups in total. The fourth-order valence-corrected chi connectivity index (χ4v) is 2.10. The van der Waals surface area contributed by atoms with E-state index in [-0.39, 0.29) is 11.9 Å². The molecule has 2 aromatic rings. The van der Waals surface area contributed by atoms with Gasteiger partial charge < -0.3 is 5.73 Å². The van der Waals surface area contributed by atoms with E-state index in [2.05, 4.69) is 20.9 Å². The molecular weight excluding hydrogens is 302 g/mol. The summed E-state index contributed by atoms with van der Waals surface area (Å²) in [5.74, 6) is -0.733. The van der Waals surface area contributed by atoms with Crippen LogP contribution in [0, 0.1) is 11.6 Å². The summed E-state index contributed by atoms with van der Waals surface area (Å²) in [4.78, 5) is 3.75. The van der Waals surface area contributed by atoms with Crippen LogP contribution in [0.4, 0.5) is 8.78 Å². The molecule has 2 nitrogen and oxygen atoms in total. The largest absolute Gasteiger partial charge is 0.324 e. The first-order valence-electron chi connectivity index (χ1n) is 5.36. The zero-order valence-corrected chi connectivity index (χ0v) is 11.0. The molecule has 0 aliphatic rings. The first-order chi connectivity index (χ1) is 8.56. The second kappa shape index (κ2) is 5.54. The second-order valence-electron chi connectivity index (χ2n) is 4.00. The molecule has 1 aromatic carbocycles.